The van der Waals surface area contributed by atoms with Crippen LogP contribution in [0, 0.1) is 0 Å². The maximum Gasteiger partial charge on any atom is 0.338 e. The first kappa shape index (κ1) is 23.7. The van der Waals surface area contributed by atoms with Gasteiger partial charge in [0.1, 0.15) is 4.70 Å². The second-order valence-corrected chi connectivity index (χ2v) is 9.26. The number of rotatable bonds is 8. The molecule has 0 unspecified atom stereocenters. The van der Waals surface area contributed by atoms with Crippen molar-refractivity contribution in [1.82, 2.24) is 9.55 Å². The topological polar surface area (TPSA) is 90.3 Å². The molecule has 1 N–H and O–H groups in total. The van der Waals surface area contributed by atoms with Crippen molar-refractivity contribution in [1.29, 1.82) is 0 Å². The van der Waals surface area contributed by atoms with Gasteiger partial charge >= 0.3 is 5.97 Å². The normalized spacial score (nSPS) is 10.9. The largest absolute Gasteiger partial charge is 0.462 e. The molecule has 174 valence electrons. The van der Waals surface area contributed by atoms with Gasteiger partial charge in [0.15, 0.2) is 5.16 Å². The molecule has 2 aromatic carbocycles. The van der Waals surface area contributed by atoms with E-state index in [1.165, 1.54) is 23.1 Å². The van der Waals surface area contributed by atoms with Crippen molar-refractivity contribution >= 4 is 50.9 Å². The van der Waals surface area contributed by atoms with Gasteiger partial charge in [-0.25, -0.2) is 9.78 Å². The summed E-state index contributed by atoms with van der Waals surface area (Å²) in [5.41, 5.74) is 2.56. The molecule has 4 rings (SSSR count). The number of nitrogens with one attached hydrogen (secondary N) is 1. The van der Waals surface area contributed by atoms with Crippen LogP contribution < -0.4 is 10.9 Å². The van der Waals surface area contributed by atoms with Crippen LogP contribution in [-0.4, -0.2) is 33.8 Å². The van der Waals surface area contributed by atoms with E-state index in [1.807, 2.05) is 43.3 Å². The number of hydrogen-bond acceptors (Lipinski definition) is 7. The Bertz CT molecular complexity index is 1380. The van der Waals surface area contributed by atoms with Crippen molar-refractivity contribution in [3.05, 3.63) is 76.6 Å². The number of carbonyl (C=O) groups is 2. The van der Waals surface area contributed by atoms with Gasteiger partial charge in [-0.3, -0.25) is 14.2 Å². The smallest absolute Gasteiger partial charge is 0.338 e. The van der Waals surface area contributed by atoms with E-state index >= 15 is 0 Å². The van der Waals surface area contributed by atoms with Crippen LogP contribution in [0.4, 0.5) is 5.69 Å². The van der Waals surface area contributed by atoms with E-state index in [2.05, 4.69) is 10.3 Å². The summed E-state index contributed by atoms with van der Waals surface area (Å²) in [5, 5.41) is 3.31. The maximum atomic E-state index is 13.1. The Kier molecular flexibility index (Phi) is 7.44. The fourth-order valence-electron chi connectivity index (χ4n) is 3.36. The average Bonchev–Trinajstić information content (AvgIpc) is 3.29. The minimum absolute atomic E-state index is 0.0905. The minimum Gasteiger partial charge on any atom is -0.462 e. The fourth-order valence-corrected chi connectivity index (χ4v) is 5.27. The summed E-state index contributed by atoms with van der Waals surface area (Å²) in [4.78, 5) is 43.0. The summed E-state index contributed by atoms with van der Waals surface area (Å²) >= 11 is 2.65. The van der Waals surface area contributed by atoms with Gasteiger partial charge in [-0.1, -0.05) is 42.1 Å². The summed E-state index contributed by atoms with van der Waals surface area (Å²) in [7, 11) is 0. The number of thioether (sulfide) groups is 1. The number of benzene rings is 2. The van der Waals surface area contributed by atoms with Crippen LogP contribution in [0.5, 0.6) is 0 Å². The third kappa shape index (κ3) is 5.21. The van der Waals surface area contributed by atoms with Crippen LogP contribution in [0.3, 0.4) is 0 Å². The van der Waals surface area contributed by atoms with Gasteiger partial charge in [0.05, 0.1) is 23.4 Å². The number of nitrogens with zero attached hydrogens (tertiary/aromatic N) is 2. The molecule has 7 nitrogen and oxygen atoms in total. The Morgan fingerprint density at radius 3 is 2.50 bits per heavy atom. The van der Waals surface area contributed by atoms with Gasteiger partial charge < -0.3 is 10.1 Å². The van der Waals surface area contributed by atoms with Crippen LogP contribution >= 0.6 is 23.1 Å². The number of anilines is 1. The van der Waals surface area contributed by atoms with Gasteiger partial charge in [-0.05, 0) is 49.7 Å². The van der Waals surface area contributed by atoms with Crippen LogP contribution in [0.1, 0.15) is 24.2 Å². The highest BCUT2D eigenvalue weighted by atomic mass is 32.2. The van der Waals surface area contributed by atoms with Gasteiger partial charge in [0.25, 0.3) is 5.56 Å². The van der Waals surface area contributed by atoms with E-state index < -0.39 is 5.97 Å². The quantitative estimate of drug-likeness (QED) is 0.210. The lowest BCUT2D eigenvalue weighted by atomic mass is 10.2. The van der Waals surface area contributed by atoms with E-state index in [4.69, 9.17) is 4.74 Å². The first-order chi connectivity index (χ1) is 16.5. The fraction of sp³-hybridized carbons (Fsp3) is 0.200. The van der Waals surface area contributed by atoms with E-state index in [1.54, 1.807) is 35.8 Å². The number of aromatic nitrogens is 2. The van der Waals surface area contributed by atoms with Gasteiger partial charge in [0, 0.05) is 17.1 Å². The van der Waals surface area contributed by atoms with E-state index in [0.29, 0.717) is 39.8 Å². The molecular formula is C25H23N3O4S2. The zero-order chi connectivity index (χ0) is 24.1. The highest BCUT2D eigenvalue weighted by Crippen LogP contribution is 2.32. The Labute approximate surface area is 204 Å². The molecule has 1 amide bonds. The van der Waals surface area contributed by atoms with Crippen molar-refractivity contribution in [3.8, 4) is 10.4 Å². The molecule has 0 spiro atoms. The molecule has 0 bridgehead atoms. The molecule has 34 heavy (non-hydrogen) atoms. The zero-order valence-corrected chi connectivity index (χ0v) is 20.4. The Morgan fingerprint density at radius 2 is 1.82 bits per heavy atom. The average molecular weight is 494 g/mol. The Morgan fingerprint density at radius 1 is 1.09 bits per heavy atom. The predicted molar refractivity (Wildman–Crippen MR) is 137 cm³/mol. The maximum absolute atomic E-state index is 13.1. The number of thiophene rings is 1. The SMILES string of the molecule is CCOC(=O)c1ccc(NC(=O)CSc2nc3cc(-c4ccccc4)sc3c(=O)n2CC)cc1. The highest BCUT2D eigenvalue weighted by molar-refractivity contribution is 7.99. The van der Waals surface area contributed by atoms with E-state index in [9.17, 15) is 14.4 Å². The first-order valence-electron chi connectivity index (χ1n) is 10.8. The highest BCUT2D eigenvalue weighted by Gasteiger charge is 2.16. The first-order valence-corrected chi connectivity index (χ1v) is 12.6. The van der Waals surface area contributed by atoms with Gasteiger partial charge in [0.2, 0.25) is 5.91 Å². The second kappa shape index (κ2) is 10.7. The summed E-state index contributed by atoms with van der Waals surface area (Å²) < 4.78 is 7.17. The van der Waals surface area contributed by atoms with Crippen molar-refractivity contribution in [2.75, 3.05) is 17.7 Å². The second-order valence-electron chi connectivity index (χ2n) is 7.27. The van der Waals surface area contributed by atoms with Gasteiger partial charge in [-0.15, -0.1) is 11.3 Å². The summed E-state index contributed by atoms with van der Waals surface area (Å²) in [6, 6.07) is 18.3. The standard InChI is InChI=1S/C25H23N3O4S2/c1-3-28-23(30)22-19(14-20(34-22)16-8-6-5-7-9-16)27-25(28)33-15-21(29)26-18-12-10-17(11-13-18)24(31)32-4-2/h5-14H,3-4,15H2,1-2H3,(H,26,29). The summed E-state index contributed by atoms with van der Waals surface area (Å²) in [5.74, 6) is -0.548. The molecule has 9 heteroatoms. The lowest BCUT2D eigenvalue weighted by molar-refractivity contribution is -0.113. The number of fused-ring (bicyclic) bond motifs is 1. The monoisotopic (exact) mass is 493 g/mol. The molecule has 0 radical (unpaired) electrons. The van der Waals surface area contributed by atoms with Crippen LogP contribution in [0.15, 0.2) is 70.6 Å². The number of carbonyl (C=O) groups excluding carboxylic acids is 2. The third-order valence-electron chi connectivity index (χ3n) is 4.99. The lowest BCUT2D eigenvalue weighted by Gasteiger charge is -2.10. The third-order valence-corrected chi connectivity index (χ3v) is 7.12. The van der Waals surface area contributed by atoms with Gasteiger partial charge in [-0.2, -0.15) is 0 Å². The van der Waals surface area contributed by atoms with Crippen LogP contribution in [0.25, 0.3) is 20.7 Å². The van der Waals surface area contributed by atoms with E-state index in [0.717, 1.165) is 10.4 Å². The molecule has 0 saturated heterocycles. The number of esters is 1. The number of ether oxygens (including phenoxy) is 1. The van der Waals surface area contributed by atoms with E-state index in [-0.39, 0.29) is 17.2 Å². The Balaban J connectivity index is 1.48. The number of hydrogen-bond donors (Lipinski definition) is 1. The molecule has 2 aromatic heterocycles. The molecule has 0 aliphatic heterocycles. The molecule has 2 heterocycles. The molecule has 0 aliphatic carbocycles. The molecule has 0 fully saturated rings. The van der Waals surface area contributed by atoms with Crippen molar-refractivity contribution < 1.29 is 14.3 Å². The predicted octanol–water partition coefficient (Wildman–Crippen LogP) is 5.05. The summed E-state index contributed by atoms with van der Waals surface area (Å²) in [6.45, 7) is 4.39. The molecular weight excluding hydrogens is 470 g/mol. The van der Waals surface area contributed by atoms with Crippen molar-refractivity contribution in [3.63, 3.8) is 0 Å². The lowest BCUT2D eigenvalue weighted by Crippen LogP contribution is -2.22. The van der Waals surface area contributed by atoms with Crippen LogP contribution in [-0.2, 0) is 16.1 Å². The van der Waals surface area contributed by atoms with Crippen molar-refractivity contribution in [2.24, 2.45) is 0 Å². The molecule has 0 saturated carbocycles. The zero-order valence-electron chi connectivity index (χ0n) is 18.7. The van der Waals surface area contributed by atoms with Crippen molar-refractivity contribution in [2.45, 2.75) is 25.5 Å². The molecule has 0 atom stereocenters. The number of amides is 1. The summed E-state index contributed by atoms with van der Waals surface area (Å²) in [6.07, 6.45) is 0. The Hall–Kier alpha value is -3.43. The van der Waals surface area contributed by atoms with Crippen LogP contribution in [0.2, 0.25) is 0 Å². The molecule has 4 aromatic rings. The minimum atomic E-state index is -0.404. The molecule has 0 aliphatic rings.